The molecule has 31 heavy (non-hydrogen) atoms. The molecule has 0 spiro atoms. The molecule has 0 saturated heterocycles. The Morgan fingerprint density at radius 1 is 1.16 bits per heavy atom. The number of aromatic nitrogens is 4. The van der Waals surface area contributed by atoms with Gasteiger partial charge in [0.15, 0.2) is 11.0 Å². The van der Waals surface area contributed by atoms with Gasteiger partial charge in [-0.05, 0) is 44.4 Å². The van der Waals surface area contributed by atoms with Crippen LogP contribution in [0.15, 0.2) is 59.9 Å². The first-order valence-corrected chi connectivity index (χ1v) is 11.7. The number of aryl methyl sites for hydroxylation is 1. The molecular weight excluding hydrogens is 406 g/mol. The third-order valence-electron chi connectivity index (χ3n) is 5.79. The smallest absolute Gasteiger partial charge is 0.233 e. The number of nitrogens with zero attached hydrogens (tertiary/aromatic N) is 4. The molecule has 1 fully saturated rings. The second-order valence-electron chi connectivity index (χ2n) is 7.88. The summed E-state index contributed by atoms with van der Waals surface area (Å²) in [6.07, 6.45) is 4.22. The van der Waals surface area contributed by atoms with Crippen molar-refractivity contribution in [2.45, 2.75) is 37.9 Å². The molecule has 6 nitrogen and oxygen atoms in total. The zero-order valence-corrected chi connectivity index (χ0v) is 18.5. The molecule has 0 bridgehead atoms. The number of H-pyrrole nitrogens is 1. The van der Waals surface area contributed by atoms with Crippen LogP contribution >= 0.6 is 11.8 Å². The highest BCUT2D eigenvalue weighted by Crippen LogP contribution is 2.34. The third-order valence-corrected chi connectivity index (χ3v) is 6.71. The number of aromatic amines is 1. The summed E-state index contributed by atoms with van der Waals surface area (Å²) in [4.78, 5) is 18.1. The predicted molar refractivity (Wildman–Crippen MR) is 125 cm³/mol. The van der Waals surface area contributed by atoms with Gasteiger partial charge in [-0.15, -0.1) is 10.2 Å². The molecule has 2 heterocycles. The number of para-hydroxylation sites is 2. The van der Waals surface area contributed by atoms with Gasteiger partial charge in [-0.2, -0.15) is 0 Å². The number of thioether (sulfide) groups is 1. The quantitative estimate of drug-likeness (QED) is 0.426. The summed E-state index contributed by atoms with van der Waals surface area (Å²) in [5, 5.41) is 10.9. The second kappa shape index (κ2) is 8.23. The van der Waals surface area contributed by atoms with Gasteiger partial charge in [-0.1, -0.05) is 48.2 Å². The fraction of sp³-hybridized carbons (Fsp3) is 0.292. The summed E-state index contributed by atoms with van der Waals surface area (Å²) in [5.74, 6) is 1.31. The van der Waals surface area contributed by atoms with Gasteiger partial charge < -0.3 is 9.88 Å². The molecule has 0 atom stereocenters. The largest absolute Gasteiger partial charge is 0.360 e. The van der Waals surface area contributed by atoms with E-state index in [1.54, 1.807) is 0 Å². The van der Waals surface area contributed by atoms with Gasteiger partial charge in [0, 0.05) is 35.2 Å². The molecule has 2 aromatic carbocycles. The lowest BCUT2D eigenvalue weighted by Crippen LogP contribution is -2.34. The number of fused-ring (bicyclic) bond motifs is 1. The fourth-order valence-electron chi connectivity index (χ4n) is 4.06. The van der Waals surface area contributed by atoms with E-state index in [2.05, 4.69) is 50.9 Å². The number of nitrogens with one attached hydrogen (secondary N) is 1. The molecule has 1 aliphatic carbocycles. The molecule has 2 aromatic heterocycles. The van der Waals surface area contributed by atoms with Crippen LogP contribution in [0.3, 0.4) is 0 Å². The van der Waals surface area contributed by atoms with Crippen LogP contribution in [0.1, 0.15) is 25.3 Å². The number of hydrogen-bond acceptors (Lipinski definition) is 4. The summed E-state index contributed by atoms with van der Waals surface area (Å²) >= 11 is 1.46. The second-order valence-corrected chi connectivity index (χ2v) is 8.82. The Bertz CT molecular complexity index is 1240. The molecule has 1 amide bonds. The van der Waals surface area contributed by atoms with E-state index in [0.29, 0.717) is 11.8 Å². The van der Waals surface area contributed by atoms with Crippen LogP contribution in [0.5, 0.6) is 0 Å². The predicted octanol–water partition coefficient (Wildman–Crippen LogP) is 4.83. The van der Waals surface area contributed by atoms with Crippen molar-refractivity contribution in [3.63, 3.8) is 0 Å². The number of carbonyl (C=O) groups is 1. The third kappa shape index (κ3) is 3.74. The van der Waals surface area contributed by atoms with Crippen molar-refractivity contribution >= 4 is 28.6 Å². The van der Waals surface area contributed by atoms with Crippen molar-refractivity contribution < 1.29 is 4.79 Å². The van der Waals surface area contributed by atoms with Gasteiger partial charge in [0.25, 0.3) is 0 Å². The van der Waals surface area contributed by atoms with E-state index in [1.807, 2.05) is 42.3 Å². The van der Waals surface area contributed by atoms with Crippen LogP contribution in [-0.2, 0) is 4.79 Å². The Hall–Kier alpha value is -3.06. The molecular formula is C24H25N5OS. The summed E-state index contributed by atoms with van der Waals surface area (Å²) in [6.45, 7) is 4.89. The number of amides is 1. The normalized spacial score (nSPS) is 13.6. The molecule has 7 heteroatoms. The van der Waals surface area contributed by atoms with Crippen LogP contribution in [-0.4, -0.2) is 48.9 Å². The lowest BCUT2D eigenvalue weighted by Gasteiger charge is -2.20. The Morgan fingerprint density at radius 3 is 2.71 bits per heavy atom. The highest BCUT2D eigenvalue weighted by Gasteiger charge is 2.31. The van der Waals surface area contributed by atoms with E-state index in [0.717, 1.165) is 58.1 Å². The summed E-state index contributed by atoms with van der Waals surface area (Å²) < 4.78 is 2.08. The topological polar surface area (TPSA) is 66.8 Å². The van der Waals surface area contributed by atoms with Crippen molar-refractivity contribution in [2.24, 2.45) is 0 Å². The number of rotatable bonds is 7. The van der Waals surface area contributed by atoms with E-state index < -0.39 is 0 Å². The maximum Gasteiger partial charge on any atom is 0.233 e. The highest BCUT2D eigenvalue weighted by atomic mass is 32.2. The van der Waals surface area contributed by atoms with E-state index in [9.17, 15) is 4.79 Å². The van der Waals surface area contributed by atoms with Gasteiger partial charge in [0.05, 0.1) is 11.4 Å². The molecule has 1 N–H and O–H groups in total. The zero-order valence-electron chi connectivity index (χ0n) is 17.7. The molecule has 4 aromatic rings. The van der Waals surface area contributed by atoms with Gasteiger partial charge in [0.2, 0.25) is 5.91 Å². The highest BCUT2D eigenvalue weighted by molar-refractivity contribution is 7.99. The lowest BCUT2D eigenvalue weighted by molar-refractivity contribution is -0.128. The van der Waals surface area contributed by atoms with Crippen molar-refractivity contribution in [3.05, 3.63) is 60.3 Å². The van der Waals surface area contributed by atoms with Gasteiger partial charge in [-0.25, -0.2) is 0 Å². The Kier molecular flexibility index (Phi) is 5.28. The number of carbonyl (C=O) groups excluding carboxylic acids is 1. The Balaban J connectivity index is 1.54. The molecule has 0 unspecified atom stereocenters. The monoisotopic (exact) mass is 431 g/mol. The maximum atomic E-state index is 12.8. The minimum absolute atomic E-state index is 0.169. The first-order valence-electron chi connectivity index (χ1n) is 10.7. The average molecular weight is 432 g/mol. The summed E-state index contributed by atoms with van der Waals surface area (Å²) in [5.41, 5.74) is 4.21. The van der Waals surface area contributed by atoms with Gasteiger partial charge in [-0.3, -0.25) is 9.36 Å². The van der Waals surface area contributed by atoms with Crippen LogP contribution in [0, 0.1) is 6.92 Å². The summed E-state index contributed by atoms with van der Waals surface area (Å²) in [6, 6.07) is 16.8. The van der Waals surface area contributed by atoms with Gasteiger partial charge >= 0.3 is 0 Å². The first kappa shape index (κ1) is 19.9. The van der Waals surface area contributed by atoms with Crippen LogP contribution < -0.4 is 0 Å². The molecule has 0 aliphatic heterocycles. The van der Waals surface area contributed by atoms with E-state index >= 15 is 0 Å². The number of hydrogen-bond donors (Lipinski definition) is 1. The maximum absolute atomic E-state index is 12.8. The Labute approximate surface area is 185 Å². The van der Waals surface area contributed by atoms with E-state index in [4.69, 9.17) is 0 Å². The van der Waals surface area contributed by atoms with Crippen molar-refractivity contribution in [2.75, 3.05) is 12.3 Å². The molecule has 5 rings (SSSR count). The fourth-order valence-corrected chi connectivity index (χ4v) is 4.89. The minimum Gasteiger partial charge on any atom is -0.360 e. The molecule has 158 valence electrons. The van der Waals surface area contributed by atoms with E-state index in [1.165, 1.54) is 11.8 Å². The van der Waals surface area contributed by atoms with Gasteiger partial charge in [0.1, 0.15) is 0 Å². The first-order chi connectivity index (χ1) is 15.2. The zero-order chi connectivity index (χ0) is 21.4. The van der Waals surface area contributed by atoms with Crippen molar-refractivity contribution in [3.8, 4) is 17.1 Å². The minimum atomic E-state index is 0.169. The molecule has 0 radical (unpaired) electrons. The SMILES string of the molecule is CCN(C(=O)CSc1nnc(-c2c[nH]c3ccccc23)n1-c1ccccc1C)C1CC1. The van der Waals surface area contributed by atoms with E-state index in [-0.39, 0.29) is 5.91 Å². The molecule has 1 saturated carbocycles. The van der Waals surface area contributed by atoms with Crippen LogP contribution in [0.25, 0.3) is 28.0 Å². The Morgan fingerprint density at radius 2 is 1.94 bits per heavy atom. The van der Waals surface area contributed by atoms with Crippen LogP contribution in [0.2, 0.25) is 0 Å². The van der Waals surface area contributed by atoms with Crippen LogP contribution in [0.4, 0.5) is 0 Å². The number of benzene rings is 2. The average Bonchev–Trinajstić information content (AvgIpc) is 3.39. The summed E-state index contributed by atoms with van der Waals surface area (Å²) in [7, 11) is 0. The lowest BCUT2D eigenvalue weighted by atomic mass is 10.1. The standard InChI is InChI=1S/C24H25N5OS/c1-3-28(17-12-13-17)22(30)15-31-24-27-26-23(29(24)21-11-7-4-8-16(21)2)19-14-25-20-10-6-5-9-18(19)20/h4-11,14,17,25H,3,12-13,15H2,1-2H3. The molecule has 1 aliphatic rings. The van der Waals surface area contributed by atoms with Crippen molar-refractivity contribution in [1.82, 2.24) is 24.6 Å². The van der Waals surface area contributed by atoms with Crippen molar-refractivity contribution in [1.29, 1.82) is 0 Å².